The van der Waals surface area contributed by atoms with Crippen molar-refractivity contribution < 1.29 is 19.0 Å². The van der Waals surface area contributed by atoms with Gasteiger partial charge in [0.2, 0.25) is 0 Å². The summed E-state index contributed by atoms with van der Waals surface area (Å²) in [6, 6.07) is 9.49. The van der Waals surface area contributed by atoms with Crippen molar-refractivity contribution in [3.05, 3.63) is 46.2 Å². The first-order valence-corrected chi connectivity index (χ1v) is 9.19. The van der Waals surface area contributed by atoms with E-state index in [9.17, 15) is 4.79 Å². The minimum absolute atomic E-state index is 0.491. The molecule has 2 rings (SSSR count). The lowest BCUT2D eigenvalue weighted by atomic mass is 10.2. The summed E-state index contributed by atoms with van der Waals surface area (Å²) in [5.74, 6) is 1.29. The summed E-state index contributed by atoms with van der Waals surface area (Å²) in [6.45, 7) is 8.30. The fourth-order valence-electron chi connectivity index (χ4n) is 2.00. The van der Waals surface area contributed by atoms with Gasteiger partial charge in [0.15, 0.2) is 11.5 Å². The molecule has 6 nitrogen and oxygen atoms in total. The molecule has 1 aromatic heterocycles. The summed E-state index contributed by atoms with van der Waals surface area (Å²) >= 11 is 1.64. The van der Waals surface area contributed by atoms with Gasteiger partial charge in [0.25, 0.3) is 0 Å². The molecule has 0 bridgehead atoms. The van der Waals surface area contributed by atoms with Crippen molar-refractivity contribution >= 4 is 23.6 Å². The van der Waals surface area contributed by atoms with Crippen molar-refractivity contribution in [2.45, 2.75) is 39.9 Å². The molecular weight excluding hydrogens is 352 g/mol. The Balaban J connectivity index is 1.99. The van der Waals surface area contributed by atoms with Crippen molar-refractivity contribution in [3.63, 3.8) is 0 Å². The zero-order valence-electron chi connectivity index (χ0n) is 15.4. The molecule has 26 heavy (non-hydrogen) atoms. The van der Waals surface area contributed by atoms with Gasteiger partial charge in [-0.05, 0) is 62.9 Å². The van der Waals surface area contributed by atoms with Crippen molar-refractivity contribution in [1.29, 1.82) is 0 Å². The number of carbonyl (C=O) groups is 1. The SMILES string of the molecule is CCOc1cc(/C=N\NC(=O)OC(C)(C)C)ccc1OCc1cccs1. The molecule has 0 aliphatic carbocycles. The van der Waals surface area contributed by atoms with E-state index in [1.807, 2.05) is 42.6 Å². The molecule has 0 spiro atoms. The summed E-state index contributed by atoms with van der Waals surface area (Å²) < 4.78 is 16.6. The molecule has 1 N–H and O–H groups in total. The van der Waals surface area contributed by atoms with Crippen LogP contribution in [0.15, 0.2) is 40.8 Å². The molecule has 0 fully saturated rings. The highest BCUT2D eigenvalue weighted by molar-refractivity contribution is 7.09. The quantitative estimate of drug-likeness (QED) is 0.567. The Bertz CT molecular complexity index is 736. The van der Waals surface area contributed by atoms with E-state index >= 15 is 0 Å². The number of benzene rings is 1. The minimum atomic E-state index is -0.602. The molecule has 7 heteroatoms. The highest BCUT2D eigenvalue weighted by atomic mass is 32.1. The molecule has 0 saturated heterocycles. The van der Waals surface area contributed by atoms with E-state index in [1.54, 1.807) is 32.1 Å². The van der Waals surface area contributed by atoms with E-state index < -0.39 is 11.7 Å². The Morgan fingerprint density at radius 3 is 2.69 bits per heavy atom. The first-order valence-electron chi connectivity index (χ1n) is 8.31. The number of nitrogens with zero attached hydrogens (tertiary/aromatic N) is 1. The summed E-state index contributed by atoms with van der Waals surface area (Å²) in [5.41, 5.74) is 2.54. The van der Waals surface area contributed by atoms with Gasteiger partial charge >= 0.3 is 6.09 Å². The van der Waals surface area contributed by atoms with Crippen LogP contribution in [0, 0.1) is 0 Å². The number of ether oxygens (including phenoxy) is 3. The van der Waals surface area contributed by atoms with Gasteiger partial charge in [-0.3, -0.25) is 0 Å². The number of amides is 1. The average Bonchev–Trinajstić information content (AvgIpc) is 3.06. The zero-order valence-corrected chi connectivity index (χ0v) is 16.3. The standard InChI is InChI=1S/C19H24N2O4S/c1-5-23-17-11-14(12-20-21-18(22)25-19(2,3)4)8-9-16(17)24-13-15-7-6-10-26-15/h6-12H,5,13H2,1-4H3,(H,21,22)/b20-12-. The molecule has 1 aromatic carbocycles. The van der Waals surface area contributed by atoms with Gasteiger partial charge in [-0.1, -0.05) is 6.07 Å². The van der Waals surface area contributed by atoms with Gasteiger partial charge in [-0.15, -0.1) is 11.3 Å². The second-order valence-corrected chi connectivity index (χ2v) is 7.41. The Kier molecular flexibility index (Phi) is 7.03. The Hall–Kier alpha value is -2.54. The summed E-state index contributed by atoms with van der Waals surface area (Å²) in [6.07, 6.45) is 0.921. The molecule has 0 atom stereocenters. The van der Waals surface area contributed by atoms with Gasteiger partial charge in [0.1, 0.15) is 12.2 Å². The molecule has 0 saturated carbocycles. The number of nitrogens with one attached hydrogen (secondary N) is 1. The first kappa shape index (κ1) is 19.8. The number of hydrogen-bond acceptors (Lipinski definition) is 6. The topological polar surface area (TPSA) is 69.2 Å². The fourth-order valence-corrected chi connectivity index (χ4v) is 2.61. The predicted molar refractivity (Wildman–Crippen MR) is 103 cm³/mol. The smallest absolute Gasteiger partial charge is 0.428 e. The third kappa shape index (κ3) is 6.76. The highest BCUT2D eigenvalue weighted by Gasteiger charge is 2.15. The van der Waals surface area contributed by atoms with E-state index in [-0.39, 0.29) is 0 Å². The van der Waals surface area contributed by atoms with E-state index in [2.05, 4.69) is 10.5 Å². The molecule has 1 amide bonds. The Labute approximate surface area is 157 Å². The molecule has 140 valence electrons. The molecular formula is C19H24N2O4S. The Morgan fingerprint density at radius 2 is 2.04 bits per heavy atom. The van der Waals surface area contributed by atoms with Crippen molar-refractivity contribution in [2.24, 2.45) is 5.10 Å². The second kappa shape index (κ2) is 9.24. The summed E-state index contributed by atoms with van der Waals surface area (Å²) in [7, 11) is 0. The second-order valence-electron chi connectivity index (χ2n) is 6.38. The lowest BCUT2D eigenvalue weighted by molar-refractivity contribution is 0.0529. The van der Waals surface area contributed by atoms with Crippen molar-refractivity contribution in [2.75, 3.05) is 6.61 Å². The van der Waals surface area contributed by atoms with E-state index in [1.165, 1.54) is 6.21 Å². The third-order valence-corrected chi connectivity index (χ3v) is 3.84. The van der Waals surface area contributed by atoms with Crippen LogP contribution >= 0.6 is 11.3 Å². The van der Waals surface area contributed by atoms with Gasteiger partial charge in [0.05, 0.1) is 12.8 Å². The van der Waals surface area contributed by atoms with Crippen LogP contribution in [0.1, 0.15) is 38.1 Å². The molecule has 0 aliphatic heterocycles. The lowest BCUT2D eigenvalue weighted by Gasteiger charge is -2.18. The maximum atomic E-state index is 11.6. The summed E-state index contributed by atoms with van der Waals surface area (Å²) in [5, 5.41) is 5.91. The molecule has 0 unspecified atom stereocenters. The van der Waals surface area contributed by atoms with Crippen LogP contribution in [-0.2, 0) is 11.3 Å². The van der Waals surface area contributed by atoms with Crippen LogP contribution in [0.5, 0.6) is 11.5 Å². The fraction of sp³-hybridized carbons (Fsp3) is 0.368. The summed E-state index contributed by atoms with van der Waals surface area (Å²) in [4.78, 5) is 12.7. The van der Waals surface area contributed by atoms with Crippen LogP contribution in [0.2, 0.25) is 0 Å². The first-order chi connectivity index (χ1) is 12.4. The van der Waals surface area contributed by atoms with Crippen LogP contribution < -0.4 is 14.9 Å². The average molecular weight is 376 g/mol. The highest BCUT2D eigenvalue weighted by Crippen LogP contribution is 2.29. The number of rotatable bonds is 7. The van der Waals surface area contributed by atoms with Gasteiger partial charge in [-0.2, -0.15) is 5.10 Å². The van der Waals surface area contributed by atoms with E-state index in [0.717, 1.165) is 10.4 Å². The van der Waals surface area contributed by atoms with Crippen LogP contribution in [-0.4, -0.2) is 24.5 Å². The molecule has 0 radical (unpaired) electrons. The number of hydrogen-bond donors (Lipinski definition) is 1. The number of thiophene rings is 1. The van der Waals surface area contributed by atoms with Gasteiger partial charge in [0, 0.05) is 4.88 Å². The minimum Gasteiger partial charge on any atom is -0.490 e. The molecule has 1 heterocycles. The molecule has 0 aliphatic rings. The number of carbonyl (C=O) groups excluding carboxylic acids is 1. The maximum absolute atomic E-state index is 11.6. The predicted octanol–water partition coefficient (Wildman–Crippen LogP) is 4.58. The number of hydrazone groups is 1. The Morgan fingerprint density at radius 1 is 1.23 bits per heavy atom. The normalized spacial score (nSPS) is 11.4. The van der Waals surface area contributed by atoms with Crippen LogP contribution in [0.25, 0.3) is 0 Å². The zero-order chi connectivity index (χ0) is 19.0. The maximum Gasteiger partial charge on any atom is 0.428 e. The van der Waals surface area contributed by atoms with Gasteiger partial charge in [-0.25, -0.2) is 10.2 Å². The van der Waals surface area contributed by atoms with E-state index in [4.69, 9.17) is 14.2 Å². The monoisotopic (exact) mass is 376 g/mol. The molecule has 2 aromatic rings. The van der Waals surface area contributed by atoms with Crippen molar-refractivity contribution in [3.8, 4) is 11.5 Å². The van der Waals surface area contributed by atoms with Gasteiger partial charge < -0.3 is 14.2 Å². The van der Waals surface area contributed by atoms with Crippen LogP contribution in [0.4, 0.5) is 4.79 Å². The van der Waals surface area contributed by atoms with Crippen molar-refractivity contribution in [1.82, 2.24) is 5.43 Å². The lowest BCUT2D eigenvalue weighted by Crippen LogP contribution is -2.29. The van der Waals surface area contributed by atoms with Crippen LogP contribution in [0.3, 0.4) is 0 Å². The van der Waals surface area contributed by atoms with E-state index in [0.29, 0.717) is 24.7 Å². The largest absolute Gasteiger partial charge is 0.490 e. The third-order valence-electron chi connectivity index (χ3n) is 2.99.